The second kappa shape index (κ2) is 7.96. The molecular formula is C16H15ClFN3O5. The molecule has 2 rings (SSSR count). The molecular weight excluding hydrogens is 369 g/mol. The zero-order valence-electron chi connectivity index (χ0n) is 13.9. The monoisotopic (exact) mass is 383 g/mol. The van der Waals surface area contributed by atoms with E-state index in [1.165, 1.54) is 36.9 Å². The van der Waals surface area contributed by atoms with Gasteiger partial charge in [0.1, 0.15) is 11.5 Å². The maximum atomic E-state index is 13.8. The summed E-state index contributed by atoms with van der Waals surface area (Å²) in [4.78, 5) is 35.3. The van der Waals surface area contributed by atoms with Gasteiger partial charge in [0.25, 0.3) is 11.6 Å². The summed E-state index contributed by atoms with van der Waals surface area (Å²) in [5, 5.41) is 10.9. The molecule has 0 atom stereocenters. The van der Waals surface area contributed by atoms with E-state index >= 15 is 0 Å². The van der Waals surface area contributed by atoms with E-state index in [0.29, 0.717) is 0 Å². The van der Waals surface area contributed by atoms with Crippen LogP contribution in [0.15, 0.2) is 30.5 Å². The van der Waals surface area contributed by atoms with Crippen molar-refractivity contribution in [2.24, 2.45) is 7.05 Å². The fourth-order valence-electron chi connectivity index (χ4n) is 2.17. The number of aryl methyl sites for hydroxylation is 1. The molecule has 138 valence electrons. The first kappa shape index (κ1) is 19.4. The van der Waals surface area contributed by atoms with Crippen LogP contribution in [0.3, 0.4) is 0 Å². The van der Waals surface area contributed by atoms with E-state index in [9.17, 15) is 24.1 Å². The summed E-state index contributed by atoms with van der Waals surface area (Å²) in [6.45, 7) is -0.697. The van der Waals surface area contributed by atoms with Gasteiger partial charge in [-0.3, -0.25) is 14.9 Å². The van der Waals surface area contributed by atoms with Crippen LogP contribution in [0.4, 0.5) is 10.1 Å². The van der Waals surface area contributed by atoms with E-state index in [4.69, 9.17) is 16.3 Å². The first-order valence-electron chi connectivity index (χ1n) is 7.35. The highest BCUT2D eigenvalue weighted by molar-refractivity contribution is 6.31. The van der Waals surface area contributed by atoms with Crippen molar-refractivity contribution in [3.63, 3.8) is 0 Å². The van der Waals surface area contributed by atoms with Gasteiger partial charge in [-0.25, -0.2) is 9.18 Å². The molecule has 8 nitrogen and oxygen atoms in total. The van der Waals surface area contributed by atoms with Gasteiger partial charge in [-0.2, -0.15) is 0 Å². The Balaban J connectivity index is 1.97. The lowest BCUT2D eigenvalue weighted by Gasteiger charge is -2.18. The molecule has 10 heteroatoms. The average Bonchev–Trinajstić information content (AvgIpc) is 2.97. The smallest absolute Gasteiger partial charge is 0.355 e. The Morgan fingerprint density at radius 1 is 1.42 bits per heavy atom. The van der Waals surface area contributed by atoms with Gasteiger partial charge in [0.2, 0.25) is 0 Å². The van der Waals surface area contributed by atoms with Gasteiger partial charge in [0.15, 0.2) is 6.61 Å². The van der Waals surface area contributed by atoms with Gasteiger partial charge in [-0.1, -0.05) is 17.7 Å². The van der Waals surface area contributed by atoms with Gasteiger partial charge in [0.05, 0.1) is 11.1 Å². The minimum Gasteiger partial charge on any atom is -0.451 e. The Kier molecular flexibility index (Phi) is 5.93. The van der Waals surface area contributed by atoms with E-state index in [1.807, 2.05) is 0 Å². The van der Waals surface area contributed by atoms with Gasteiger partial charge >= 0.3 is 5.97 Å². The second-order valence-corrected chi connectivity index (χ2v) is 5.88. The van der Waals surface area contributed by atoms with Crippen LogP contribution in [0.5, 0.6) is 0 Å². The summed E-state index contributed by atoms with van der Waals surface area (Å²) in [5.41, 5.74) is -0.184. The number of benzene rings is 1. The fraction of sp³-hybridized carbons (Fsp3) is 0.250. The summed E-state index contributed by atoms with van der Waals surface area (Å²) in [5.74, 6) is -2.02. The highest BCUT2D eigenvalue weighted by Crippen LogP contribution is 2.20. The van der Waals surface area contributed by atoms with E-state index in [0.717, 1.165) is 17.2 Å². The number of halogens is 2. The fourth-order valence-corrected chi connectivity index (χ4v) is 2.39. The van der Waals surface area contributed by atoms with Crippen molar-refractivity contribution in [1.29, 1.82) is 0 Å². The van der Waals surface area contributed by atoms with E-state index < -0.39 is 29.2 Å². The average molecular weight is 384 g/mol. The molecule has 0 fully saturated rings. The lowest BCUT2D eigenvalue weighted by molar-refractivity contribution is -0.384. The van der Waals surface area contributed by atoms with Crippen LogP contribution in [0, 0.1) is 15.9 Å². The lowest BCUT2D eigenvalue weighted by atomic mass is 10.2. The molecule has 2 aromatic rings. The van der Waals surface area contributed by atoms with Crippen molar-refractivity contribution in [2.45, 2.75) is 6.54 Å². The maximum absolute atomic E-state index is 13.8. The van der Waals surface area contributed by atoms with Crippen LogP contribution in [-0.2, 0) is 23.1 Å². The maximum Gasteiger partial charge on any atom is 0.355 e. The number of nitrogens with zero attached hydrogens (tertiary/aromatic N) is 3. The molecule has 0 spiro atoms. The number of esters is 1. The number of nitro groups is 1. The van der Waals surface area contributed by atoms with Crippen molar-refractivity contribution < 1.29 is 23.6 Å². The highest BCUT2D eigenvalue weighted by atomic mass is 35.5. The zero-order chi connectivity index (χ0) is 19.4. The Hall–Kier alpha value is -2.94. The number of hydrogen-bond donors (Lipinski definition) is 0. The number of rotatable bonds is 6. The van der Waals surface area contributed by atoms with Crippen LogP contribution in [0.25, 0.3) is 0 Å². The molecule has 0 bridgehead atoms. The predicted molar refractivity (Wildman–Crippen MR) is 90.2 cm³/mol. The minimum absolute atomic E-state index is 0.0655. The second-order valence-electron chi connectivity index (χ2n) is 5.48. The first-order chi connectivity index (χ1) is 12.2. The molecule has 0 aliphatic rings. The van der Waals surface area contributed by atoms with Crippen molar-refractivity contribution in [1.82, 2.24) is 9.47 Å². The number of amides is 1. The van der Waals surface area contributed by atoms with Gasteiger partial charge in [-0.15, -0.1) is 0 Å². The van der Waals surface area contributed by atoms with Crippen LogP contribution >= 0.6 is 11.6 Å². The third-order valence-electron chi connectivity index (χ3n) is 3.62. The van der Waals surface area contributed by atoms with Gasteiger partial charge in [-0.05, 0) is 12.1 Å². The number of carbonyl (C=O) groups is 2. The summed E-state index contributed by atoms with van der Waals surface area (Å²) in [6, 6.07) is 5.22. The molecule has 0 aliphatic heterocycles. The van der Waals surface area contributed by atoms with Crippen molar-refractivity contribution in [2.75, 3.05) is 13.7 Å². The Morgan fingerprint density at radius 2 is 2.12 bits per heavy atom. The van der Waals surface area contributed by atoms with Gasteiger partial charge < -0.3 is 14.2 Å². The number of hydrogen-bond acceptors (Lipinski definition) is 5. The summed E-state index contributed by atoms with van der Waals surface area (Å²) in [7, 11) is 2.85. The van der Waals surface area contributed by atoms with Crippen LogP contribution in [0.2, 0.25) is 5.02 Å². The third-order valence-corrected chi connectivity index (χ3v) is 3.97. The Morgan fingerprint density at radius 3 is 2.69 bits per heavy atom. The standard InChI is InChI=1S/C16H15ClFN3O5/c1-19-7-10(21(24)25)6-14(19)16(23)26-9-15(22)20(2)8-11-12(17)4-3-5-13(11)18/h3-7H,8-9H2,1-2H3. The van der Waals surface area contributed by atoms with E-state index in [-0.39, 0.29) is 28.5 Å². The molecule has 0 N–H and O–H groups in total. The molecule has 0 saturated carbocycles. The molecule has 1 amide bonds. The topological polar surface area (TPSA) is 94.7 Å². The number of aromatic nitrogens is 1. The molecule has 1 aromatic heterocycles. The molecule has 0 radical (unpaired) electrons. The summed E-state index contributed by atoms with van der Waals surface area (Å²) < 4.78 is 19.9. The molecule has 0 saturated heterocycles. The van der Waals surface area contributed by atoms with Crippen LogP contribution in [0.1, 0.15) is 16.1 Å². The largest absolute Gasteiger partial charge is 0.451 e. The molecule has 26 heavy (non-hydrogen) atoms. The van der Waals surface area contributed by atoms with E-state index in [1.54, 1.807) is 0 Å². The summed E-state index contributed by atoms with van der Waals surface area (Å²) in [6.07, 6.45) is 1.16. The zero-order valence-corrected chi connectivity index (χ0v) is 14.7. The highest BCUT2D eigenvalue weighted by Gasteiger charge is 2.21. The van der Waals surface area contributed by atoms with E-state index in [2.05, 4.69) is 0 Å². The Labute approximate surface area is 152 Å². The molecule has 0 unspecified atom stereocenters. The molecule has 1 aromatic carbocycles. The molecule has 1 heterocycles. The third kappa shape index (κ3) is 4.37. The number of ether oxygens (including phenoxy) is 1. The predicted octanol–water partition coefficient (Wildman–Crippen LogP) is 2.54. The first-order valence-corrected chi connectivity index (χ1v) is 7.73. The van der Waals surface area contributed by atoms with Gasteiger partial charge in [0, 0.05) is 37.3 Å². The minimum atomic E-state index is -0.883. The molecule has 0 aliphatic carbocycles. The quantitative estimate of drug-likeness (QED) is 0.434. The van der Waals surface area contributed by atoms with Crippen molar-refractivity contribution in [3.8, 4) is 0 Å². The van der Waals surface area contributed by atoms with Crippen LogP contribution in [-0.4, -0.2) is 39.9 Å². The SMILES string of the molecule is CN(Cc1c(F)cccc1Cl)C(=O)COC(=O)c1cc([N+](=O)[O-])cn1C. The van der Waals surface area contributed by atoms with Crippen molar-refractivity contribution in [3.05, 3.63) is 62.7 Å². The van der Waals surface area contributed by atoms with Crippen LogP contribution < -0.4 is 0 Å². The Bertz CT molecular complexity index is 847. The number of likely N-dealkylation sites (N-methyl/N-ethyl adjacent to an activating group) is 1. The number of carbonyl (C=O) groups excluding carboxylic acids is 2. The normalized spacial score (nSPS) is 10.5. The lowest BCUT2D eigenvalue weighted by Crippen LogP contribution is -2.31. The van der Waals surface area contributed by atoms with Crippen molar-refractivity contribution >= 4 is 29.2 Å². The summed E-state index contributed by atoms with van der Waals surface area (Å²) >= 11 is 5.91.